The van der Waals surface area contributed by atoms with Crippen molar-refractivity contribution in [3.05, 3.63) is 41.0 Å². The molecule has 1 aliphatic rings. The van der Waals surface area contributed by atoms with Crippen LogP contribution < -0.4 is 5.73 Å². The van der Waals surface area contributed by atoms with Gasteiger partial charge in [-0.3, -0.25) is 4.79 Å². The molecule has 2 rings (SSSR count). The van der Waals surface area contributed by atoms with Gasteiger partial charge in [0.25, 0.3) is 0 Å². The third-order valence-electron chi connectivity index (χ3n) is 3.15. The molecule has 2 N–H and O–H groups in total. The number of ketones is 1. The first-order valence-corrected chi connectivity index (χ1v) is 5.79. The highest BCUT2D eigenvalue weighted by Crippen LogP contribution is 2.25. The van der Waals surface area contributed by atoms with Gasteiger partial charge in [0.15, 0.2) is 5.78 Å². The number of Topliss-reactive ketones (excluding diaryl/α,β-unsaturated/α-hetero) is 1. The summed E-state index contributed by atoms with van der Waals surface area (Å²) in [6, 6.07) is 5.64. The van der Waals surface area contributed by atoms with E-state index >= 15 is 0 Å². The van der Waals surface area contributed by atoms with Crippen molar-refractivity contribution in [1.82, 2.24) is 0 Å². The molecule has 0 saturated heterocycles. The minimum Gasteiger partial charge on any atom is -0.398 e. The van der Waals surface area contributed by atoms with Crippen LogP contribution in [0.4, 0.5) is 5.69 Å². The summed E-state index contributed by atoms with van der Waals surface area (Å²) in [4.78, 5) is 12.2. The summed E-state index contributed by atoms with van der Waals surface area (Å²) in [5.74, 6) is 0.112. The van der Waals surface area contributed by atoms with Crippen molar-refractivity contribution >= 4 is 11.5 Å². The second-order valence-electron chi connectivity index (χ2n) is 4.34. The number of para-hydroxylation sites is 1. The summed E-state index contributed by atoms with van der Waals surface area (Å²) < 4.78 is 0. The molecular formula is C14H17NO. The van der Waals surface area contributed by atoms with Crippen LogP contribution in [0.1, 0.15) is 41.6 Å². The zero-order valence-corrected chi connectivity index (χ0v) is 9.62. The van der Waals surface area contributed by atoms with E-state index in [0.29, 0.717) is 11.3 Å². The number of carbonyl (C=O) groups is 1. The first-order valence-electron chi connectivity index (χ1n) is 5.79. The first-order chi connectivity index (χ1) is 7.70. The fourth-order valence-electron chi connectivity index (χ4n) is 2.10. The lowest BCUT2D eigenvalue weighted by molar-refractivity contribution is 0.102. The van der Waals surface area contributed by atoms with E-state index < -0.39 is 0 Å². The molecule has 1 aromatic carbocycles. The van der Waals surface area contributed by atoms with Gasteiger partial charge in [-0.15, -0.1) is 0 Å². The molecule has 84 valence electrons. The number of benzene rings is 1. The number of nitrogen functional groups attached to an aromatic ring is 1. The first kappa shape index (κ1) is 10.9. The molecule has 2 heteroatoms. The van der Waals surface area contributed by atoms with Crippen LogP contribution in [-0.2, 0) is 0 Å². The smallest absolute Gasteiger partial charge is 0.190 e. The SMILES string of the molecule is Cc1cccc(C(=O)C2=CCCCC2)c1N. The summed E-state index contributed by atoms with van der Waals surface area (Å²) >= 11 is 0. The Kier molecular flexibility index (Phi) is 3.09. The Balaban J connectivity index is 2.33. The molecule has 0 bridgehead atoms. The number of carbonyl (C=O) groups excluding carboxylic acids is 1. The molecule has 0 fully saturated rings. The molecule has 16 heavy (non-hydrogen) atoms. The van der Waals surface area contributed by atoms with Crippen LogP contribution >= 0.6 is 0 Å². The van der Waals surface area contributed by atoms with E-state index in [1.165, 1.54) is 6.42 Å². The number of rotatable bonds is 2. The average Bonchev–Trinajstić information content (AvgIpc) is 2.33. The number of nitrogens with two attached hydrogens (primary N) is 1. The lowest BCUT2D eigenvalue weighted by Gasteiger charge is -2.13. The van der Waals surface area contributed by atoms with Gasteiger partial charge < -0.3 is 5.73 Å². The molecule has 0 unspecified atom stereocenters. The predicted octanol–water partition coefficient (Wildman–Crippen LogP) is 3.26. The van der Waals surface area contributed by atoms with Crippen LogP contribution in [0, 0.1) is 6.92 Å². The highest BCUT2D eigenvalue weighted by molar-refractivity contribution is 6.12. The van der Waals surface area contributed by atoms with E-state index in [2.05, 4.69) is 6.08 Å². The minimum atomic E-state index is 0.112. The van der Waals surface area contributed by atoms with E-state index in [1.807, 2.05) is 25.1 Å². The zero-order valence-electron chi connectivity index (χ0n) is 9.62. The predicted molar refractivity (Wildman–Crippen MR) is 66.5 cm³/mol. The summed E-state index contributed by atoms with van der Waals surface area (Å²) in [7, 11) is 0. The van der Waals surface area contributed by atoms with E-state index in [0.717, 1.165) is 30.4 Å². The Morgan fingerprint density at radius 2 is 2.12 bits per heavy atom. The van der Waals surface area contributed by atoms with Gasteiger partial charge in [0.1, 0.15) is 0 Å². The lowest BCUT2D eigenvalue weighted by atomic mass is 9.92. The van der Waals surface area contributed by atoms with E-state index in [1.54, 1.807) is 0 Å². The van der Waals surface area contributed by atoms with Gasteiger partial charge in [-0.1, -0.05) is 18.2 Å². The maximum Gasteiger partial charge on any atom is 0.190 e. The molecule has 0 spiro atoms. The third-order valence-corrected chi connectivity index (χ3v) is 3.15. The van der Waals surface area contributed by atoms with Crippen molar-refractivity contribution in [2.24, 2.45) is 0 Å². The van der Waals surface area contributed by atoms with Crippen LogP contribution in [0.25, 0.3) is 0 Å². The third kappa shape index (κ3) is 2.01. The van der Waals surface area contributed by atoms with Crippen LogP contribution in [0.5, 0.6) is 0 Å². The second-order valence-corrected chi connectivity index (χ2v) is 4.34. The van der Waals surface area contributed by atoms with Crippen molar-refractivity contribution in [2.75, 3.05) is 5.73 Å². The van der Waals surface area contributed by atoms with Gasteiger partial charge in [0.2, 0.25) is 0 Å². The second kappa shape index (κ2) is 4.52. The Morgan fingerprint density at radius 1 is 1.31 bits per heavy atom. The normalized spacial score (nSPS) is 15.7. The largest absolute Gasteiger partial charge is 0.398 e. The highest BCUT2D eigenvalue weighted by atomic mass is 16.1. The van der Waals surface area contributed by atoms with Crippen molar-refractivity contribution in [2.45, 2.75) is 32.6 Å². The van der Waals surface area contributed by atoms with Gasteiger partial charge in [-0.2, -0.15) is 0 Å². The molecule has 0 radical (unpaired) electrons. The molecule has 2 nitrogen and oxygen atoms in total. The molecule has 0 aromatic heterocycles. The average molecular weight is 215 g/mol. The zero-order chi connectivity index (χ0) is 11.5. The summed E-state index contributed by atoms with van der Waals surface area (Å²) in [6.45, 7) is 1.93. The number of hydrogen-bond acceptors (Lipinski definition) is 2. The van der Waals surface area contributed by atoms with E-state index in [4.69, 9.17) is 5.73 Å². The molecular weight excluding hydrogens is 198 g/mol. The molecule has 0 amide bonds. The van der Waals surface area contributed by atoms with Crippen LogP contribution in [0.2, 0.25) is 0 Å². The lowest BCUT2D eigenvalue weighted by Crippen LogP contribution is -2.09. The van der Waals surface area contributed by atoms with Gasteiger partial charge in [0, 0.05) is 11.3 Å². The van der Waals surface area contributed by atoms with Crippen molar-refractivity contribution < 1.29 is 4.79 Å². The fourth-order valence-corrected chi connectivity index (χ4v) is 2.10. The number of hydrogen-bond donors (Lipinski definition) is 1. The Bertz CT molecular complexity index is 446. The quantitative estimate of drug-likeness (QED) is 0.607. The highest BCUT2D eigenvalue weighted by Gasteiger charge is 2.16. The monoisotopic (exact) mass is 215 g/mol. The van der Waals surface area contributed by atoms with Crippen LogP contribution in [0.3, 0.4) is 0 Å². The van der Waals surface area contributed by atoms with Gasteiger partial charge in [-0.25, -0.2) is 0 Å². The van der Waals surface area contributed by atoms with Gasteiger partial charge >= 0.3 is 0 Å². The Hall–Kier alpha value is -1.57. The maximum absolute atomic E-state index is 12.2. The van der Waals surface area contributed by atoms with E-state index in [-0.39, 0.29) is 5.78 Å². The Labute approximate surface area is 96.2 Å². The molecule has 0 heterocycles. The number of allylic oxidation sites excluding steroid dienone is 2. The number of aryl methyl sites for hydroxylation is 1. The topological polar surface area (TPSA) is 43.1 Å². The Morgan fingerprint density at radius 3 is 2.81 bits per heavy atom. The van der Waals surface area contributed by atoms with Crippen molar-refractivity contribution in [3.8, 4) is 0 Å². The van der Waals surface area contributed by atoms with Gasteiger partial charge in [0.05, 0.1) is 0 Å². The van der Waals surface area contributed by atoms with Crippen LogP contribution in [-0.4, -0.2) is 5.78 Å². The summed E-state index contributed by atoms with van der Waals surface area (Å²) in [5, 5.41) is 0. The number of anilines is 1. The molecule has 1 aliphatic carbocycles. The molecule has 0 saturated carbocycles. The van der Waals surface area contributed by atoms with E-state index in [9.17, 15) is 4.79 Å². The standard InChI is InChI=1S/C14H17NO/c1-10-6-5-9-12(13(10)15)14(16)11-7-3-2-4-8-11/h5-7,9H,2-4,8,15H2,1H3. The fraction of sp³-hybridized carbons (Fsp3) is 0.357. The molecule has 0 aliphatic heterocycles. The summed E-state index contributed by atoms with van der Waals surface area (Å²) in [6.07, 6.45) is 6.29. The summed E-state index contributed by atoms with van der Waals surface area (Å²) in [5.41, 5.74) is 9.13. The van der Waals surface area contributed by atoms with Crippen LogP contribution in [0.15, 0.2) is 29.8 Å². The van der Waals surface area contributed by atoms with Crippen molar-refractivity contribution in [1.29, 1.82) is 0 Å². The minimum absolute atomic E-state index is 0.112. The van der Waals surface area contributed by atoms with Gasteiger partial charge in [-0.05, 0) is 49.8 Å². The maximum atomic E-state index is 12.2. The molecule has 1 aromatic rings. The van der Waals surface area contributed by atoms with Crippen molar-refractivity contribution in [3.63, 3.8) is 0 Å². The molecule has 0 atom stereocenters.